The summed E-state index contributed by atoms with van der Waals surface area (Å²) in [5.41, 5.74) is 1.64. The Morgan fingerprint density at radius 3 is 2.67 bits per heavy atom. The molecule has 7 heteroatoms. The number of carbonyl (C=O) groups is 1. The van der Waals surface area contributed by atoms with Crippen molar-refractivity contribution in [3.8, 4) is 11.4 Å². The number of hydrogen-bond donors (Lipinski definition) is 1. The van der Waals surface area contributed by atoms with Crippen LogP contribution in [0.5, 0.6) is 0 Å². The van der Waals surface area contributed by atoms with Crippen LogP contribution in [-0.2, 0) is 11.3 Å². The maximum absolute atomic E-state index is 11.4. The molecule has 0 fully saturated rings. The van der Waals surface area contributed by atoms with Crippen LogP contribution in [0.4, 0.5) is 0 Å². The first kappa shape index (κ1) is 15.1. The van der Waals surface area contributed by atoms with Gasteiger partial charge in [-0.1, -0.05) is 6.92 Å². The largest absolute Gasteiger partial charge is 0.481 e. The van der Waals surface area contributed by atoms with E-state index in [1.807, 2.05) is 32.9 Å². The summed E-state index contributed by atoms with van der Waals surface area (Å²) in [7, 11) is 0. The molecule has 0 aromatic carbocycles. The molecule has 0 radical (unpaired) electrons. The zero-order chi connectivity index (χ0) is 15.6. The van der Waals surface area contributed by atoms with Gasteiger partial charge >= 0.3 is 5.97 Å². The Morgan fingerprint density at radius 2 is 2.10 bits per heavy atom. The monoisotopic (exact) mass is 289 g/mol. The molecule has 0 saturated carbocycles. The Labute approximate surface area is 123 Å². The highest BCUT2D eigenvalue weighted by Crippen LogP contribution is 2.27. The molecule has 0 bridgehead atoms. The topological polar surface area (TPSA) is 93.8 Å². The zero-order valence-electron chi connectivity index (χ0n) is 12.7. The molecular formula is C14H19N5O2. The SMILES string of the molecule is CCC(C)(Cn1nnnc1-c1ccc(C)nc1C)C(=O)O. The van der Waals surface area contributed by atoms with Crippen molar-refractivity contribution in [2.45, 2.75) is 40.7 Å². The second-order valence-electron chi connectivity index (χ2n) is 5.47. The quantitative estimate of drug-likeness (QED) is 0.902. The van der Waals surface area contributed by atoms with Crippen molar-refractivity contribution in [2.24, 2.45) is 5.41 Å². The molecule has 2 aromatic heterocycles. The molecule has 1 atom stereocenters. The third kappa shape index (κ3) is 2.91. The van der Waals surface area contributed by atoms with Gasteiger partial charge in [0.15, 0.2) is 5.82 Å². The Kier molecular flexibility index (Phi) is 4.02. The summed E-state index contributed by atoms with van der Waals surface area (Å²) in [5, 5.41) is 21.0. The van der Waals surface area contributed by atoms with Crippen molar-refractivity contribution < 1.29 is 9.90 Å². The van der Waals surface area contributed by atoms with Crippen molar-refractivity contribution in [1.82, 2.24) is 25.2 Å². The summed E-state index contributed by atoms with van der Waals surface area (Å²) in [6.07, 6.45) is 0.493. The van der Waals surface area contributed by atoms with Crippen molar-refractivity contribution in [1.29, 1.82) is 0 Å². The summed E-state index contributed by atoms with van der Waals surface area (Å²) in [5.74, 6) is -0.314. The van der Waals surface area contributed by atoms with Crippen LogP contribution in [0.1, 0.15) is 31.7 Å². The fraction of sp³-hybridized carbons (Fsp3) is 0.500. The standard InChI is InChI=1S/C14H19N5O2/c1-5-14(4,13(20)21)8-19-12(16-17-18-19)11-7-6-9(2)15-10(11)3/h6-7H,5,8H2,1-4H3,(H,20,21). The summed E-state index contributed by atoms with van der Waals surface area (Å²) < 4.78 is 1.54. The second kappa shape index (κ2) is 5.59. The second-order valence-corrected chi connectivity index (χ2v) is 5.47. The number of rotatable bonds is 5. The molecule has 0 aliphatic carbocycles. The molecule has 2 heterocycles. The average molecular weight is 289 g/mol. The summed E-state index contributed by atoms with van der Waals surface area (Å²) in [6.45, 7) is 7.56. The van der Waals surface area contributed by atoms with Gasteiger partial charge in [-0.05, 0) is 49.8 Å². The fourth-order valence-electron chi connectivity index (χ4n) is 2.09. The van der Waals surface area contributed by atoms with Crippen LogP contribution in [0.3, 0.4) is 0 Å². The molecule has 112 valence electrons. The van der Waals surface area contributed by atoms with Gasteiger partial charge in [0.05, 0.1) is 12.0 Å². The third-order valence-electron chi connectivity index (χ3n) is 3.79. The Balaban J connectivity index is 2.41. The van der Waals surface area contributed by atoms with Crippen molar-refractivity contribution in [2.75, 3.05) is 0 Å². The Bertz CT molecular complexity index is 667. The van der Waals surface area contributed by atoms with Crippen molar-refractivity contribution in [3.05, 3.63) is 23.5 Å². The minimum atomic E-state index is -0.907. The first-order valence-electron chi connectivity index (χ1n) is 6.81. The minimum Gasteiger partial charge on any atom is -0.481 e. The lowest BCUT2D eigenvalue weighted by Crippen LogP contribution is -2.32. The minimum absolute atomic E-state index is 0.217. The summed E-state index contributed by atoms with van der Waals surface area (Å²) in [6, 6.07) is 3.79. The van der Waals surface area contributed by atoms with Crippen LogP contribution in [-0.4, -0.2) is 36.3 Å². The number of pyridine rings is 1. The average Bonchev–Trinajstić information content (AvgIpc) is 2.86. The van der Waals surface area contributed by atoms with E-state index >= 15 is 0 Å². The maximum atomic E-state index is 11.4. The molecule has 0 saturated heterocycles. The van der Waals surface area contributed by atoms with E-state index < -0.39 is 11.4 Å². The fourth-order valence-corrected chi connectivity index (χ4v) is 2.09. The van der Waals surface area contributed by atoms with E-state index in [-0.39, 0.29) is 6.54 Å². The number of carboxylic acids is 1. The molecule has 0 aliphatic rings. The van der Waals surface area contributed by atoms with Crippen LogP contribution in [0.2, 0.25) is 0 Å². The van der Waals surface area contributed by atoms with Gasteiger partial charge in [0.25, 0.3) is 0 Å². The number of tetrazole rings is 1. The van der Waals surface area contributed by atoms with Crippen molar-refractivity contribution >= 4 is 5.97 Å². The van der Waals surface area contributed by atoms with Crippen LogP contribution < -0.4 is 0 Å². The van der Waals surface area contributed by atoms with Gasteiger partial charge in [0.2, 0.25) is 0 Å². The van der Waals surface area contributed by atoms with E-state index in [0.29, 0.717) is 12.2 Å². The van der Waals surface area contributed by atoms with E-state index in [9.17, 15) is 9.90 Å². The molecule has 7 nitrogen and oxygen atoms in total. The summed E-state index contributed by atoms with van der Waals surface area (Å²) in [4.78, 5) is 15.8. The van der Waals surface area contributed by atoms with Crippen LogP contribution in [0, 0.1) is 19.3 Å². The normalized spacial score (nSPS) is 13.9. The predicted octanol–water partition coefficient (Wildman–Crippen LogP) is 1.85. The number of hydrogen-bond acceptors (Lipinski definition) is 5. The highest BCUT2D eigenvalue weighted by atomic mass is 16.4. The van der Waals surface area contributed by atoms with Crippen LogP contribution in [0.15, 0.2) is 12.1 Å². The molecule has 2 aromatic rings. The molecule has 0 aliphatic heterocycles. The molecule has 2 rings (SSSR count). The van der Waals surface area contributed by atoms with Crippen molar-refractivity contribution in [3.63, 3.8) is 0 Å². The molecule has 0 spiro atoms. The molecule has 0 amide bonds. The summed E-state index contributed by atoms with van der Waals surface area (Å²) >= 11 is 0. The highest BCUT2D eigenvalue weighted by Gasteiger charge is 2.33. The van der Waals surface area contributed by atoms with E-state index in [4.69, 9.17) is 0 Å². The first-order valence-corrected chi connectivity index (χ1v) is 6.81. The number of carboxylic acid groups (broad SMARTS) is 1. The smallest absolute Gasteiger partial charge is 0.311 e. The van der Waals surface area contributed by atoms with Gasteiger partial charge in [0.1, 0.15) is 0 Å². The van der Waals surface area contributed by atoms with Gasteiger partial charge in [-0.3, -0.25) is 9.78 Å². The van der Waals surface area contributed by atoms with Crippen LogP contribution >= 0.6 is 0 Å². The van der Waals surface area contributed by atoms with E-state index in [1.54, 1.807) is 6.92 Å². The Morgan fingerprint density at radius 1 is 1.38 bits per heavy atom. The lowest BCUT2D eigenvalue weighted by atomic mass is 9.87. The number of aromatic nitrogens is 5. The maximum Gasteiger partial charge on any atom is 0.311 e. The Hall–Kier alpha value is -2.31. The molecule has 1 N–H and O–H groups in total. The molecule has 21 heavy (non-hydrogen) atoms. The van der Waals surface area contributed by atoms with Gasteiger partial charge in [-0.2, -0.15) is 0 Å². The lowest BCUT2D eigenvalue weighted by Gasteiger charge is -2.23. The van der Waals surface area contributed by atoms with E-state index in [2.05, 4.69) is 20.5 Å². The van der Waals surface area contributed by atoms with Gasteiger partial charge in [0, 0.05) is 17.0 Å². The lowest BCUT2D eigenvalue weighted by molar-refractivity contribution is -0.149. The van der Waals surface area contributed by atoms with Gasteiger partial charge in [-0.25, -0.2) is 4.68 Å². The van der Waals surface area contributed by atoms with Gasteiger partial charge < -0.3 is 5.11 Å². The third-order valence-corrected chi connectivity index (χ3v) is 3.79. The highest BCUT2D eigenvalue weighted by molar-refractivity contribution is 5.74. The molecular weight excluding hydrogens is 270 g/mol. The number of aryl methyl sites for hydroxylation is 2. The van der Waals surface area contributed by atoms with E-state index in [1.165, 1.54) is 4.68 Å². The predicted molar refractivity (Wildman–Crippen MR) is 76.6 cm³/mol. The first-order chi connectivity index (χ1) is 9.87. The van der Waals surface area contributed by atoms with Crippen LogP contribution in [0.25, 0.3) is 11.4 Å². The molecule has 1 unspecified atom stereocenters. The zero-order valence-corrected chi connectivity index (χ0v) is 12.7. The van der Waals surface area contributed by atoms with Gasteiger partial charge in [-0.15, -0.1) is 5.10 Å². The number of aliphatic carboxylic acids is 1. The number of nitrogens with zero attached hydrogens (tertiary/aromatic N) is 5. The van der Waals surface area contributed by atoms with E-state index in [0.717, 1.165) is 17.0 Å².